The largest absolute Gasteiger partial charge is 0.481 e. The molecule has 108 valence electrons. The number of hydrogen-bond acceptors (Lipinski definition) is 3. The smallest absolute Gasteiger partial charge is 0.307 e. The molecule has 0 bridgehead atoms. The molecular formula is C13H22N2O4. The van der Waals surface area contributed by atoms with E-state index in [2.05, 4.69) is 5.32 Å². The summed E-state index contributed by atoms with van der Waals surface area (Å²) < 4.78 is 0. The van der Waals surface area contributed by atoms with Gasteiger partial charge in [0.2, 0.25) is 11.8 Å². The van der Waals surface area contributed by atoms with Gasteiger partial charge in [0.25, 0.3) is 0 Å². The molecule has 0 aliphatic carbocycles. The first-order valence-electron chi connectivity index (χ1n) is 6.46. The SMILES string of the molecule is CNC(=O)C1(C)CCN(C(=O)C(C)C(C)C(=O)O)C1. The van der Waals surface area contributed by atoms with Crippen LogP contribution in [-0.4, -0.2) is 47.9 Å². The van der Waals surface area contributed by atoms with Crippen LogP contribution >= 0.6 is 0 Å². The summed E-state index contributed by atoms with van der Waals surface area (Å²) in [7, 11) is 1.58. The predicted octanol–water partition coefficient (Wildman–Crippen LogP) is 0.328. The Hall–Kier alpha value is -1.59. The summed E-state index contributed by atoms with van der Waals surface area (Å²) in [6, 6.07) is 0. The van der Waals surface area contributed by atoms with Crippen molar-refractivity contribution in [3.05, 3.63) is 0 Å². The maximum absolute atomic E-state index is 12.2. The second-order valence-electron chi connectivity index (χ2n) is 5.57. The second kappa shape index (κ2) is 5.59. The van der Waals surface area contributed by atoms with Crippen molar-refractivity contribution in [3.63, 3.8) is 0 Å². The van der Waals surface area contributed by atoms with Crippen molar-refractivity contribution in [3.8, 4) is 0 Å². The summed E-state index contributed by atoms with van der Waals surface area (Å²) in [4.78, 5) is 36.5. The molecule has 1 saturated heterocycles. The number of carbonyl (C=O) groups excluding carboxylic acids is 2. The average Bonchev–Trinajstić information content (AvgIpc) is 2.78. The van der Waals surface area contributed by atoms with E-state index in [4.69, 9.17) is 5.11 Å². The van der Waals surface area contributed by atoms with E-state index in [1.54, 1.807) is 18.9 Å². The third-order valence-electron chi connectivity index (χ3n) is 4.09. The summed E-state index contributed by atoms with van der Waals surface area (Å²) >= 11 is 0. The van der Waals surface area contributed by atoms with E-state index < -0.39 is 23.2 Å². The van der Waals surface area contributed by atoms with Crippen LogP contribution < -0.4 is 5.32 Å². The fourth-order valence-corrected chi connectivity index (χ4v) is 2.35. The monoisotopic (exact) mass is 270 g/mol. The fourth-order valence-electron chi connectivity index (χ4n) is 2.35. The van der Waals surface area contributed by atoms with Crippen LogP contribution in [-0.2, 0) is 14.4 Å². The van der Waals surface area contributed by atoms with Gasteiger partial charge in [-0.2, -0.15) is 0 Å². The second-order valence-corrected chi connectivity index (χ2v) is 5.57. The molecule has 1 rings (SSSR count). The zero-order chi connectivity index (χ0) is 14.8. The van der Waals surface area contributed by atoms with Crippen molar-refractivity contribution in [2.24, 2.45) is 17.3 Å². The van der Waals surface area contributed by atoms with Gasteiger partial charge in [-0.05, 0) is 13.3 Å². The summed E-state index contributed by atoms with van der Waals surface area (Å²) in [6.45, 7) is 5.82. The van der Waals surface area contributed by atoms with Crippen molar-refractivity contribution in [1.82, 2.24) is 10.2 Å². The number of carboxylic acid groups (broad SMARTS) is 1. The van der Waals surface area contributed by atoms with Crippen LogP contribution in [0.2, 0.25) is 0 Å². The predicted molar refractivity (Wildman–Crippen MR) is 69.3 cm³/mol. The highest BCUT2D eigenvalue weighted by Crippen LogP contribution is 2.31. The van der Waals surface area contributed by atoms with Crippen LogP contribution in [0.25, 0.3) is 0 Å². The van der Waals surface area contributed by atoms with Crippen LogP contribution in [0, 0.1) is 17.3 Å². The lowest BCUT2D eigenvalue weighted by Crippen LogP contribution is -2.42. The van der Waals surface area contributed by atoms with Gasteiger partial charge in [-0.3, -0.25) is 14.4 Å². The number of amides is 2. The van der Waals surface area contributed by atoms with Crippen LogP contribution in [0.5, 0.6) is 0 Å². The number of carbonyl (C=O) groups is 3. The molecule has 0 saturated carbocycles. The summed E-state index contributed by atoms with van der Waals surface area (Å²) in [6.07, 6.45) is 0.604. The minimum absolute atomic E-state index is 0.0817. The van der Waals surface area contributed by atoms with Gasteiger partial charge in [-0.25, -0.2) is 0 Å². The highest BCUT2D eigenvalue weighted by atomic mass is 16.4. The summed E-state index contributed by atoms with van der Waals surface area (Å²) in [5.41, 5.74) is -0.573. The van der Waals surface area contributed by atoms with Crippen LogP contribution in [0.4, 0.5) is 0 Å². The van der Waals surface area contributed by atoms with Gasteiger partial charge in [0.1, 0.15) is 0 Å². The van der Waals surface area contributed by atoms with Crippen LogP contribution in [0.1, 0.15) is 27.2 Å². The number of hydrogen-bond donors (Lipinski definition) is 2. The summed E-state index contributed by atoms with van der Waals surface area (Å²) in [5.74, 6) is -2.55. The lowest BCUT2D eigenvalue weighted by molar-refractivity contribution is -0.149. The van der Waals surface area contributed by atoms with E-state index in [9.17, 15) is 14.4 Å². The van der Waals surface area contributed by atoms with Crippen molar-refractivity contribution in [2.45, 2.75) is 27.2 Å². The van der Waals surface area contributed by atoms with E-state index in [0.717, 1.165) is 0 Å². The first-order valence-corrected chi connectivity index (χ1v) is 6.46. The van der Waals surface area contributed by atoms with Crippen LogP contribution in [0.15, 0.2) is 0 Å². The molecule has 6 nitrogen and oxygen atoms in total. The van der Waals surface area contributed by atoms with Gasteiger partial charge < -0.3 is 15.3 Å². The Morgan fingerprint density at radius 3 is 2.32 bits per heavy atom. The minimum atomic E-state index is -0.978. The number of carboxylic acids is 1. The fraction of sp³-hybridized carbons (Fsp3) is 0.769. The molecule has 1 aliphatic rings. The Labute approximate surface area is 113 Å². The highest BCUT2D eigenvalue weighted by Gasteiger charge is 2.43. The first kappa shape index (κ1) is 15.5. The van der Waals surface area contributed by atoms with E-state index in [1.807, 2.05) is 6.92 Å². The van der Waals surface area contributed by atoms with Gasteiger partial charge in [0, 0.05) is 26.1 Å². The zero-order valence-corrected chi connectivity index (χ0v) is 11.9. The molecule has 3 atom stereocenters. The van der Waals surface area contributed by atoms with Gasteiger partial charge in [-0.15, -0.1) is 0 Å². The standard InChI is InChI=1S/C13H22N2O4/c1-8(9(2)11(17)18)10(16)15-6-5-13(3,7-15)12(19)14-4/h8-9H,5-7H2,1-4H3,(H,14,19)(H,17,18). The highest BCUT2D eigenvalue weighted by molar-refractivity contribution is 5.87. The molecule has 6 heteroatoms. The van der Waals surface area contributed by atoms with E-state index in [1.165, 1.54) is 6.92 Å². The number of rotatable bonds is 4. The van der Waals surface area contributed by atoms with Crippen LogP contribution in [0.3, 0.4) is 0 Å². The Morgan fingerprint density at radius 1 is 1.26 bits per heavy atom. The van der Waals surface area contributed by atoms with E-state index >= 15 is 0 Å². The topological polar surface area (TPSA) is 86.7 Å². The molecule has 1 aliphatic heterocycles. The number of nitrogens with one attached hydrogen (secondary N) is 1. The lowest BCUT2D eigenvalue weighted by Gasteiger charge is -2.25. The van der Waals surface area contributed by atoms with Gasteiger partial charge in [-0.1, -0.05) is 13.8 Å². The van der Waals surface area contributed by atoms with Crippen molar-refractivity contribution < 1.29 is 19.5 Å². The number of likely N-dealkylation sites (tertiary alicyclic amines) is 1. The molecule has 19 heavy (non-hydrogen) atoms. The Bertz CT molecular complexity index is 396. The third-order valence-corrected chi connectivity index (χ3v) is 4.09. The zero-order valence-electron chi connectivity index (χ0n) is 11.9. The number of aliphatic carboxylic acids is 1. The molecule has 3 unspecified atom stereocenters. The molecule has 2 amide bonds. The van der Waals surface area contributed by atoms with Crippen molar-refractivity contribution in [2.75, 3.05) is 20.1 Å². The molecule has 0 aromatic rings. The molecule has 1 fully saturated rings. The third kappa shape index (κ3) is 3.05. The lowest BCUT2D eigenvalue weighted by atomic mass is 9.88. The van der Waals surface area contributed by atoms with Crippen molar-refractivity contribution >= 4 is 17.8 Å². The number of nitrogens with zero attached hydrogens (tertiary/aromatic N) is 1. The Balaban J connectivity index is 2.72. The maximum Gasteiger partial charge on any atom is 0.307 e. The molecular weight excluding hydrogens is 248 g/mol. The molecule has 1 heterocycles. The maximum atomic E-state index is 12.2. The normalized spacial score (nSPS) is 25.8. The Kier molecular flexibility index (Phi) is 4.55. The Morgan fingerprint density at radius 2 is 1.84 bits per heavy atom. The quantitative estimate of drug-likeness (QED) is 0.770. The minimum Gasteiger partial charge on any atom is -0.481 e. The van der Waals surface area contributed by atoms with E-state index in [0.29, 0.717) is 19.5 Å². The molecule has 0 aromatic heterocycles. The van der Waals surface area contributed by atoms with Gasteiger partial charge in [0.05, 0.1) is 11.3 Å². The molecule has 0 radical (unpaired) electrons. The van der Waals surface area contributed by atoms with E-state index in [-0.39, 0.29) is 11.8 Å². The first-order chi connectivity index (χ1) is 8.73. The van der Waals surface area contributed by atoms with Gasteiger partial charge >= 0.3 is 5.97 Å². The molecule has 2 N–H and O–H groups in total. The van der Waals surface area contributed by atoms with Gasteiger partial charge in [0.15, 0.2) is 0 Å². The average molecular weight is 270 g/mol. The summed E-state index contributed by atoms with van der Waals surface area (Å²) in [5, 5.41) is 11.5. The molecule has 0 aromatic carbocycles. The van der Waals surface area contributed by atoms with Crippen molar-refractivity contribution in [1.29, 1.82) is 0 Å². The molecule has 0 spiro atoms.